The zero-order valence-corrected chi connectivity index (χ0v) is 13.4. The maximum Gasteiger partial charge on any atom is 0.0769 e. The first-order valence-electron chi connectivity index (χ1n) is 8.61. The lowest BCUT2D eigenvalue weighted by Crippen LogP contribution is -2.37. The minimum atomic E-state index is -0.588. The topological polar surface area (TPSA) is 46.2 Å². The standard InChI is InChI=1S/C17H37NO/c1-3-5-6-7-8-9-10-11-12-13-15-17(19,16-18)14-4-2/h19H,3-16,18H2,1-2H3. The van der Waals surface area contributed by atoms with Crippen molar-refractivity contribution >= 4 is 0 Å². The smallest absolute Gasteiger partial charge is 0.0769 e. The highest BCUT2D eigenvalue weighted by Crippen LogP contribution is 2.20. The van der Waals surface area contributed by atoms with Gasteiger partial charge in [0.1, 0.15) is 0 Å². The Bertz CT molecular complexity index is 184. The number of hydrogen-bond donors (Lipinski definition) is 2. The lowest BCUT2D eigenvalue weighted by Gasteiger charge is -2.25. The largest absolute Gasteiger partial charge is 0.389 e. The van der Waals surface area contributed by atoms with Crippen molar-refractivity contribution in [2.75, 3.05) is 6.54 Å². The molecule has 0 rings (SSSR count). The molecule has 19 heavy (non-hydrogen) atoms. The van der Waals surface area contributed by atoms with Gasteiger partial charge in [-0.15, -0.1) is 0 Å². The van der Waals surface area contributed by atoms with Crippen molar-refractivity contribution in [1.82, 2.24) is 0 Å². The second-order valence-electron chi connectivity index (χ2n) is 6.11. The van der Waals surface area contributed by atoms with Gasteiger partial charge in [-0.2, -0.15) is 0 Å². The molecule has 0 amide bonds. The van der Waals surface area contributed by atoms with E-state index >= 15 is 0 Å². The van der Waals surface area contributed by atoms with Crippen LogP contribution in [0, 0.1) is 0 Å². The molecule has 0 aromatic heterocycles. The van der Waals surface area contributed by atoms with E-state index in [1.54, 1.807) is 0 Å². The molecule has 0 aromatic rings. The minimum Gasteiger partial charge on any atom is -0.389 e. The fourth-order valence-electron chi connectivity index (χ4n) is 2.74. The minimum absolute atomic E-state index is 0.415. The van der Waals surface area contributed by atoms with Gasteiger partial charge in [0.2, 0.25) is 0 Å². The second-order valence-corrected chi connectivity index (χ2v) is 6.11. The zero-order valence-electron chi connectivity index (χ0n) is 13.4. The lowest BCUT2D eigenvalue weighted by molar-refractivity contribution is 0.0283. The number of hydrogen-bond acceptors (Lipinski definition) is 2. The van der Waals surface area contributed by atoms with Gasteiger partial charge in [0, 0.05) is 6.54 Å². The van der Waals surface area contributed by atoms with Crippen LogP contribution >= 0.6 is 0 Å². The Labute approximate surface area is 121 Å². The molecular formula is C17H37NO. The molecule has 0 fully saturated rings. The van der Waals surface area contributed by atoms with Gasteiger partial charge in [0.05, 0.1) is 5.60 Å². The van der Waals surface area contributed by atoms with Gasteiger partial charge in [0.25, 0.3) is 0 Å². The lowest BCUT2D eigenvalue weighted by atomic mass is 9.91. The van der Waals surface area contributed by atoms with Gasteiger partial charge in [-0.05, 0) is 12.8 Å². The van der Waals surface area contributed by atoms with Crippen LogP contribution < -0.4 is 5.73 Å². The molecule has 3 N–H and O–H groups in total. The number of rotatable bonds is 14. The quantitative estimate of drug-likeness (QED) is 0.446. The van der Waals surface area contributed by atoms with Gasteiger partial charge >= 0.3 is 0 Å². The predicted octanol–water partition coefficient (Wildman–Crippen LogP) is 4.79. The van der Waals surface area contributed by atoms with Crippen LogP contribution in [0.15, 0.2) is 0 Å². The van der Waals surface area contributed by atoms with E-state index in [0.29, 0.717) is 6.54 Å². The van der Waals surface area contributed by atoms with Gasteiger partial charge < -0.3 is 10.8 Å². The molecule has 0 heterocycles. The van der Waals surface area contributed by atoms with Crippen molar-refractivity contribution in [1.29, 1.82) is 0 Å². The highest BCUT2D eigenvalue weighted by Gasteiger charge is 2.22. The van der Waals surface area contributed by atoms with Crippen LogP contribution in [-0.4, -0.2) is 17.3 Å². The van der Waals surface area contributed by atoms with Crippen molar-refractivity contribution in [2.24, 2.45) is 5.73 Å². The Morgan fingerprint density at radius 2 is 1.16 bits per heavy atom. The van der Waals surface area contributed by atoms with E-state index in [2.05, 4.69) is 13.8 Å². The molecule has 0 spiro atoms. The molecular weight excluding hydrogens is 234 g/mol. The van der Waals surface area contributed by atoms with Gasteiger partial charge in [0.15, 0.2) is 0 Å². The summed E-state index contributed by atoms with van der Waals surface area (Å²) in [6.45, 7) is 4.79. The maximum atomic E-state index is 10.2. The van der Waals surface area contributed by atoms with Crippen molar-refractivity contribution in [2.45, 2.75) is 103 Å². The predicted molar refractivity (Wildman–Crippen MR) is 85.4 cm³/mol. The SMILES string of the molecule is CCCCCCCCCCCCC(O)(CN)CCC. The van der Waals surface area contributed by atoms with E-state index in [1.165, 1.54) is 57.8 Å². The van der Waals surface area contributed by atoms with Crippen LogP contribution in [-0.2, 0) is 0 Å². The normalized spacial score (nSPS) is 14.5. The zero-order chi connectivity index (χ0) is 14.4. The van der Waals surface area contributed by atoms with Crippen molar-refractivity contribution in [3.8, 4) is 0 Å². The first-order valence-corrected chi connectivity index (χ1v) is 8.61. The Morgan fingerprint density at radius 3 is 1.58 bits per heavy atom. The fraction of sp³-hybridized carbons (Fsp3) is 1.00. The van der Waals surface area contributed by atoms with Crippen LogP contribution in [0.25, 0.3) is 0 Å². The number of aliphatic hydroxyl groups is 1. The first kappa shape index (κ1) is 18.9. The monoisotopic (exact) mass is 271 g/mol. The highest BCUT2D eigenvalue weighted by molar-refractivity contribution is 4.78. The van der Waals surface area contributed by atoms with Crippen molar-refractivity contribution in [3.63, 3.8) is 0 Å². The average molecular weight is 271 g/mol. The van der Waals surface area contributed by atoms with Crippen LogP contribution in [0.1, 0.15) is 97.3 Å². The van der Waals surface area contributed by atoms with E-state index in [9.17, 15) is 5.11 Å². The number of unbranched alkanes of at least 4 members (excludes halogenated alkanes) is 9. The van der Waals surface area contributed by atoms with Crippen LogP contribution in [0.3, 0.4) is 0 Å². The molecule has 2 heteroatoms. The third-order valence-electron chi connectivity index (χ3n) is 4.09. The summed E-state index contributed by atoms with van der Waals surface area (Å²) in [4.78, 5) is 0. The number of nitrogens with two attached hydrogens (primary N) is 1. The molecule has 0 aliphatic rings. The molecule has 0 radical (unpaired) electrons. The Hall–Kier alpha value is -0.0800. The van der Waals surface area contributed by atoms with Crippen molar-refractivity contribution in [3.05, 3.63) is 0 Å². The van der Waals surface area contributed by atoms with Gasteiger partial charge in [-0.3, -0.25) is 0 Å². The summed E-state index contributed by atoms with van der Waals surface area (Å²) in [5, 5.41) is 10.2. The summed E-state index contributed by atoms with van der Waals surface area (Å²) in [6.07, 6.45) is 16.2. The summed E-state index contributed by atoms with van der Waals surface area (Å²) in [5.41, 5.74) is 5.08. The first-order chi connectivity index (χ1) is 9.18. The summed E-state index contributed by atoms with van der Waals surface area (Å²) in [7, 11) is 0. The average Bonchev–Trinajstić information content (AvgIpc) is 2.41. The third kappa shape index (κ3) is 11.4. The van der Waals surface area contributed by atoms with Crippen LogP contribution in [0.5, 0.6) is 0 Å². The molecule has 1 unspecified atom stereocenters. The molecule has 0 saturated carbocycles. The molecule has 0 aromatic carbocycles. The molecule has 0 saturated heterocycles. The Morgan fingerprint density at radius 1 is 0.684 bits per heavy atom. The van der Waals surface area contributed by atoms with E-state index in [4.69, 9.17) is 5.73 Å². The molecule has 2 nitrogen and oxygen atoms in total. The second kappa shape index (κ2) is 12.9. The van der Waals surface area contributed by atoms with Crippen LogP contribution in [0.4, 0.5) is 0 Å². The molecule has 116 valence electrons. The maximum absolute atomic E-state index is 10.2. The molecule has 0 aliphatic carbocycles. The van der Waals surface area contributed by atoms with E-state index in [-0.39, 0.29) is 0 Å². The van der Waals surface area contributed by atoms with E-state index in [0.717, 1.165) is 25.7 Å². The highest BCUT2D eigenvalue weighted by atomic mass is 16.3. The summed E-state index contributed by atoms with van der Waals surface area (Å²) in [6, 6.07) is 0. The Balaban J connectivity index is 3.30. The molecule has 1 atom stereocenters. The van der Waals surface area contributed by atoms with E-state index in [1.807, 2.05) is 0 Å². The van der Waals surface area contributed by atoms with Gasteiger partial charge in [-0.25, -0.2) is 0 Å². The third-order valence-corrected chi connectivity index (χ3v) is 4.09. The summed E-state index contributed by atoms with van der Waals surface area (Å²) in [5.74, 6) is 0. The summed E-state index contributed by atoms with van der Waals surface area (Å²) >= 11 is 0. The summed E-state index contributed by atoms with van der Waals surface area (Å²) < 4.78 is 0. The fourth-order valence-corrected chi connectivity index (χ4v) is 2.74. The molecule has 0 bridgehead atoms. The molecule has 0 aliphatic heterocycles. The van der Waals surface area contributed by atoms with E-state index < -0.39 is 5.60 Å². The Kier molecular flexibility index (Phi) is 12.9. The van der Waals surface area contributed by atoms with Gasteiger partial charge in [-0.1, -0.05) is 84.5 Å². The van der Waals surface area contributed by atoms with Crippen LogP contribution in [0.2, 0.25) is 0 Å². The van der Waals surface area contributed by atoms with Crippen molar-refractivity contribution < 1.29 is 5.11 Å².